The number of hydrogen-bond acceptors (Lipinski definition) is 6. The molecule has 0 saturated carbocycles. The van der Waals surface area contributed by atoms with Gasteiger partial charge in [-0.05, 0) is 19.8 Å². The largest absolute Gasteiger partial charge is 0.461 e. The second kappa shape index (κ2) is 7.38. The van der Waals surface area contributed by atoms with Crippen molar-refractivity contribution in [1.82, 2.24) is 4.98 Å². The molecule has 0 aliphatic rings. The second-order valence-electron chi connectivity index (χ2n) is 4.88. The highest BCUT2D eigenvalue weighted by Crippen LogP contribution is 2.28. The van der Waals surface area contributed by atoms with E-state index in [4.69, 9.17) is 4.74 Å². The Balaban J connectivity index is 3.13. The summed E-state index contributed by atoms with van der Waals surface area (Å²) < 4.78 is 4.96. The van der Waals surface area contributed by atoms with Crippen LogP contribution in [-0.4, -0.2) is 36.4 Å². The maximum atomic E-state index is 11.9. The summed E-state index contributed by atoms with van der Waals surface area (Å²) in [6, 6.07) is 0. The lowest BCUT2D eigenvalue weighted by Crippen LogP contribution is -2.27. The van der Waals surface area contributed by atoms with Crippen molar-refractivity contribution in [3.05, 3.63) is 10.6 Å². The zero-order valence-corrected chi connectivity index (χ0v) is 13.5. The Morgan fingerprint density at radius 1 is 1.35 bits per heavy atom. The Morgan fingerprint density at radius 2 is 2.00 bits per heavy atom. The number of Topliss-reactive ketones (excluding diaryl/α,β-unsaturated/α-hetero) is 1. The second-order valence-corrected chi connectivity index (χ2v) is 5.86. The van der Waals surface area contributed by atoms with Gasteiger partial charge in [0, 0.05) is 20.0 Å². The summed E-state index contributed by atoms with van der Waals surface area (Å²) >= 11 is 1.26. The van der Waals surface area contributed by atoms with E-state index < -0.39 is 5.97 Å². The highest BCUT2D eigenvalue weighted by molar-refractivity contribution is 7.17. The van der Waals surface area contributed by atoms with Crippen LogP contribution in [0.3, 0.4) is 0 Å². The Morgan fingerprint density at radius 3 is 2.45 bits per heavy atom. The molecule has 0 saturated heterocycles. The Labute approximate surface area is 124 Å². The summed E-state index contributed by atoms with van der Waals surface area (Å²) in [5.74, 6) is -0.205. The molecule has 0 N–H and O–H groups in total. The lowest BCUT2D eigenvalue weighted by Gasteiger charge is -2.21. The van der Waals surface area contributed by atoms with E-state index in [1.54, 1.807) is 6.92 Å². The first kappa shape index (κ1) is 16.6. The van der Waals surface area contributed by atoms with E-state index in [1.807, 2.05) is 6.92 Å². The molecule has 1 aromatic heterocycles. The first-order chi connectivity index (χ1) is 9.40. The van der Waals surface area contributed by atoms with Gasteiger partial charge in [-0.15, -0.1) is 0 Å². The molecule has 0 aliphatic carbocycles. The molecular weight excluding hydrogens is 276 g/mol. The van der Waals surface area contributed by atoms with E-state index in [2.05, 4.69) is 23.7 Å². The molecule has 0 atom stereocenters. The lowest BCUT2D eigenvalue weighted by molar-refractivity contribution is 0.0517. The number of ketones is 1. The third-order valence-corrected chi connectivity index (χ3v) is 3.86. The average molecular weight is 298 g/mol. The average Bonchev–Trinajstić information content (AvgIpc) is 2.81. The van der Waals surface area contributed by atoms with Gasteiger partial charge in [0.1, 0.15) is 4.88 Å². The normalized spacial score (nSPS) is 10.7. The maximum Gasteiger partial charge on any atom is 0.358 e. The summed E-state index contributed by atoms with van der Waals surface area (Å²) in [4.78, 5) is 30.3. The first-order valence-corrected chi connectivity index (χ1v) is 7.66. The standard InChI is InChI=1S/C14H22N2O3S/c1-6-16(8-9(3)4)14-15-11(13(18)19-7-2)12(20-14)10(5)17/h9H,6-8H2,1-5H3. The minimum Gasteiger partial charge on any atom is -0.461 e. The van der Waals surface area contributed by atoms with Crippen molar-refractivity contribution in [1.29, 1.82) is 0 Å². The summed E-state index contributed by atoms with van der Waals surface area (Å²) in [6.07, 6.45) is 0. The Kier molecular flexibility index (Phi) is 6.13. The van der Waals surface area contributed by atoms with Crippen molar-refractivity contribution in [2.24, 2.45) is 5.92 Å². The van der Waals surface area contributed by atoms with Crippen molar-refractivity contribution in [3.8, 4) is 0 Å². The monoisotopic (exact) mass is 298 g/mol. The van der Waals surface area contributed by atoms with Gasteiger partial charge in [-0.1, -0.05) is 25.2 Å². The van der Waals surface area contributed by atoms with Crippen molar-refractivity contribution < 1.29 is 14.3 Å². The number of thiazole rings is 1. The van der Waals surface area contributed by atoms with Crippen LogP contribution in [-0.2, 0) is 4.74 Å². The number of ether oxygens (including phenoxy) is 1. The third kappa shape index (κ3) is 4.03. The van der Waals surface area contributed by atoms with Crippen molar-refractivity contribution in [2.75, 3.05) is 24.6 Å². The fourth-order valence-electron chi connectivity index (χ4n) is 1.80. The minimum atomic E-state index is -0.527. The van der Waals surface area contributed by atoms with E-state index in [-0.39, 0.29) is 18.1 Å². The van der Waals surface area contributed by atoms with Crippen LogP contribution in [0.5, 0.6) is 0 Å². The quantitative estimate of drug-likeness (QED) is 0.572. The molecule has 0 spiro atoms. The molecule has 0 aliphatic heterocycles. The molecule has 6 heteroatoms. The van der Waals surface area contributed by atoms with Gasteiger partial charge >= 0.3 is 5.97 Å². The van der Waals surface area contributed by atoms with Gasteiger partial charge in [0.15, 0.2) is 16.6 Å². The SMILES string of the molecule is CCOC(=O)c1nc(N(CC)CC(C)C)sc1C(C)=O. The summed E-state index contributed by atoms with van der Waals surface area (Å²) in [5, 5.41) is 0.703. The number of nitrogens with zero attached hydrogens (tertiary/aromatic N) is 2. The number of hydrogen-bond donors (Lipinski definition) is 0. The fourth-order valence-corrected chi connectivity index (χ4v) is 2.83. The number of anilines is 1. The van der Waals surface area contributed by atoms with Crippen LogP contribution in [0.2, 0.25) is 0 Å². The molecule has 1 heterocycles. The van der Waals surface area contributed by atoms with Crippen molar-refractivity contribution in [3.63, 3.8) is 0 Å². The van der Waals surface area contributed by atoms with Crippen LogP contribution in [0.4, 0.5) is 5.13 Å². The van der Waals surface area contributed by atoms with Gasteiger partial charge in [0.25, 0.3) is 0 Å². The molecule has 5 nitrogen and oxygen atoms in total. The Hall–Kier alpha value is -1.43. The zero-order chi connectivity index (χ0) is 15.3. The molecule has 0 radical (unpaired) electrons. The summed E-state index contributed by atoms with van der Waals surface area (Å²) in [5.41, 5.74) is 0.140. The van der Waals surface area contributed by atoms with Crippen LogP contribution in [0, 0.1) is 5.92 Å². The van der Waals surface area contributed by atoms with Gasteiger partial charge in [0.2, 0.25) is 0 Å². The first-order valence-electron chi connectivity index (χ1n) is 6.84. The minimum absolute atomic E-state index is 0.140. The van der Waals surface area contributed by atoms with E-state index in [0.717, 1.165) is 13.1 Å². The van der Waals surface area contributed by atoms with Gasteiger partial charge in [-0.3, -0.25) is 4.79 Å². The van der Waals surface area contributed by atoms with Crippen molar-refractivity contribution >= 4 is 28.2 Å². The molecule has 0 bridgehead atoms. The van der Waals surface area contributed by atoms with Gasteiger partial charge in [0.05, 0.1) is 6.61 Å². The van der Waals surface area contributed by atoms with Crippen LogP contribution < -0.4 is 4.90 Å². The van der Waals surface area contributed by atoms with Crippen LogP contribution >= 0.6 is 11.3 Å². The van der Waals surface area contributed by atoms with E-state index >= 15 is 0 Å². The van der Waals surface area contributed by atoms with Gasteiger partial charge < -0.3 is 9.64 Å². The fraction of sp³-hybridized carbons (Fsp3) is 0.643. The van der Waals surface area contributed by atoms with E-state index in [0.29, 0.717) is 15.9 Å². The molecule has 0 amide bonds. The number of carbonyl (C=O) groups is 2. The predicted molar refractivity (Wildman–Crippen MR) is 80.8 cm³/mol. The van der Waals surface area contributed by atoms with Crippen molar-refractivity contribution in [2.45, 2.75) is 34.6 Å². The number of esters is 1. The highest BCUT2D eigenvalue weighted by Gasteiger charge is 2.24. The molecular formula is C14H22N2O3S. The van der Waals surface area contributed by atoms with Crippen LogP contribution in [0.25, 0.3) is 0 Å². The van der Waals surface area contributed by atoms with E-state index in [1.165, 1.54) is 18.3 Å². The summed E-state index contributed by atoms with van der Waals surface area (Å²) in [6.45, 7) is 11.3. The molecule has 0 aromatic carbocycles. The lowest BCUT2D eigenvalue weighted by atomic mass is 10.2. The predicted octanol–water partition coefficient (Wildman–Crippen LogP) is 3.00. The topological polar surface area (TPSA) is 59.5 Å². The van der Waals surface area contributed by atoms with Crippen LogP contribution in [0.15, 0.2) is 0 Å². The molecule has 1 rings (SSSR count). The maximum absolute atomic E-state index is 11.9. The Bertz CT molecular complexity index is 483. The summed E-state index contributed by atoms with van der Waals surface area (Å²) in [7, 11) is 0. The molecule has 0 fully saturated rings. The third-order valence-electron chi connectivity index (χ3n) is 2.64. The molecule has 1 aromatic rings. The smallest absolute Gasteiger partial charge is 0.358 e. The molecule has 20 heavy (non-hydrogen) atoms. The van der Waals surface area contributed by atoms with Gasteiger partial charge in [-0.25, -0.2) is 9.78 Å². The molecule has 112 valence electrons. The number of carbonyl (C=O) groups excluding carboxylic acids is 2. The van der Waals surface area contributed by atoms with Crippen LogP contribution in [0.1, 0.15) is 54.8 Å². The van der Waals surface area contributed by atoms with Gasteiger partial charge in [-0.2, -0.15) is 0 Å². The highest BCUT2D eigenvalue weighted by atomic mass is 32.1. The number of rotatable bonds is 7. The van der Waals surface area contributed by atoms with E-state index in [9.17, 15) is 9.59 Å². The zero-order valence-electron chi connectivity index (χ0n) is 12.7. The number of aromatic nitrogens is 1. The molecule has 0 unspecified atom stereocenters.